The number of anilines is 1. The highest BCUT2D eigenvalue weighted by molar-refractivity contribution is 7.16. The molecule has 1 aliphatic rings. The Morgan fingerprint density at radius 3 is 3.10 bits per heavy atom. The van der Waals surface area contributed by atoms with Crippen molar-refractivity contribution >= 4 is 39.4 Å². The Hall–Kier alpha value is -2.07. The van der Waals surface area contributed by atoms with E-state index in [1.54, 1.807) is 11.3 Å². The van der Waals surface area contributed by atoms with Crippen LogP contribution in [-0.4, -0.2) is 16.5 Å². The molecule has 3 aromatic rings. The number of thiazole rings is 1. The average Bonchev–Trinajstić information content (AvgIpc) is 3.08. The van der Waals surface area contributed by atoms with Crippen LogP contribution in [0.15, 0.2) is 30.5 Å². The molecule has 1 aromatic carbocycles. The van der Waals surface area contributed by atoms with Crippen molar-refractivity contribution in [3.63, 3.8) is 0 Å². The smallest absolute Gasteiger partial charge is 0.118 e. The van der Waals surface area contributed by atoms with Crippen molar-refractivity contribution < 1.29 is 0 Å². The van der Waals surface area contributed by atoms with Crippen LogP contribution in [0.25, 0.3) is 23.1 Å². The second kappa shape index (κ2) is 4.80. The Morgan fingerprint density at radius 2 is 2.15 bits per heavy atom. The molecule has 0 saturated heterocycles. The summed E-state index contributed by atoms with van der Waals surface area (Å²) in [4.78, 5) is 7.98. The minimum atomic E-state index is 1.07. The minimum absolute atomic E-state index is 1.07. The second-order valence-electron chi connectivity index (χ2n) is 4.98. The second-order valence-corrected chi connectivity index (χ2v) is 6.01. The molecule has 0 unspecified atom stereocenters. The van der Waals surface area contributed by atoms with Crippen LogP contribution >= 0.6 is 11.3 Å². The fourth-order valence-electron chi connectivity index (χ4n) is 2.60. The first-order valence-corrected chi connectivity index (χ1v) is 7.69. The maximum Gasteiger partial charge on any atom is 0.118 e. The van der Waals surface area contributed by atoms with Crippen molar-refractivity contribution in [2.75, 3.05) is 11.9 Å². The SMILES string of the molecule is C(=C\c1c[nH]c2ccccc12)/c1nc2c(s1)NCCC2. The lowest BCUT2D eigenvalue weighted by atomic mass is 10.1. The summed E-state index contributed by atoms with van der Waals surface area (Å²) in [5, 5.41) is 7.00. The topological polar surface area (TPSA) is 40.7 Å². The molecule has 100 valence electrons. The van der Waals surface area contributed by atoms with E-state index in [0.29, 0.717) is 0 Å². The van der Waals surface area contributed by atoms with E-state index in [9.17, 15) is 0 Å². The highest BCUT2D eigenvalue weighted by Gasteiger charge is 2.13. The molecule has 3 nitrogen and oxygen atoms in total. The first-order chi connectivity index (χ1) is 9.90. The molecule has 0 aliphatic carbocycles. The van der Waals surface area contributed by atoms with Gasteiger partial charge in [-0.15, -0.1) is 0 Å². The normalized spacial score (nSPS) is 14.6. The van der Waals surface area contributed by atoms with E-state index in [1.807, 2.05) is 12.3 Å². The molecule has 0 bridgehead atoms. The number of aryl methyl sites for hydroxylation is 1. The van der Waals surface area contributed by atoms with E-state index in [1.165, 1.54) is 33.6 Å². The zero-order valence-electron chi connectivity index (χ0n) is 11.0. The summed E-state index contributed by atoms with van der Waals surface area (Å²) in [5.41, 5.74) is 3.61. The van der Waals surface area contributed by atoms with E-state index in [2.05, 4.69) is 45.6 Å². The molecule has 0 amide bonds. The van der Waals surface area contributed by atoms with Crippen LogP contribution in [0, 0.1) is 0 Å². The lowest BCUT2D eigenvalue weighted by molar-refractivity contribution is 0.813. The molecule has 3 heterocycles. The van der Waals surface area contributed by atoms with Crippen LogP contribution in [0.2, 0.25) is 0 Å². The third kappa shape index (κ3) is 2.02. The van der Waals surface area contributed by atoms with Gasteiger partial charge in [-0.05, 0) is 36.6 Å². The van der Waals surface area contributed by atoms with Crippen LogP contribution in [0.4, 0.5) is 5.00 Å². The third-order valence-electron chi connectivity index (χ3n) is 3.62. The van der Waals surface area contributed by atoms with E-state index in [4.69, 9.17) is 0 Å². The lowest BCUT2D eigenvalue weighted by Gasteiger charge is -2.10. The molecule has 0 fully saturated rings. The molecular formula is C16H15N3S. The Balaban J connectivity index is 1.66. The third-order valence-corrected chi connectivity index (χ3v) is 4.64. The van der Waals surface area contributed by atoms with Crippen LogP contribution in [0.3, 0.4) is 0 Å². The number of aromatic nitrogens is 2. The molecule has 2 aromatic heterocycles. The molecule has 1 aliphatic heterocycles. The zero-order chi connectivity index (χ0) is 13.4. The number of H-pyrrole nitrogens is 1. The standard InChI is InChI=1S/C16H15N3S/c1-2-5-13-12(4-1)11(10-18-13)7-8-15-19-14-6-3-9-17-16(14)20-15/h1-2,4-5,7-8,10,17-18H,3,6,9H2/b8-7+. The first-order valence-electron chi connectivity index (χ1n) is 6.88. The summed E-state index contributed by atoms with van der Waals surface area (Å²) in [6.45, 7) is 1.07. The highest BCUT2D eigenvalue weighted by Crippen LogP contribution is 2.30. The first kappa shape index (κ1) is 11.7. The number of fused-ring (bicyclic) bond motifs is 2. The van der Waals surface area contributed by atoms with Crippen molar-refractivity contribution in [2.24, 2.45) is 0 Å². The van der Waals surface area contributed by atoms with E-state index >= 15 is 0 Å². The van der Waals surface area contributed by atoms with Gasteiger partial charge in [0.25, 0.3) is 0 Å². The van der Waals surface area contributed by atoms with Crippen LogP contribution < -0.4 is 5.32 Å². The summed E-state index contributed by atoms with van der Waals surface area (Å²) < 4.78 is 0. The van der Waals surface area contributed by atoms with Crippen molar-refractivity contribution in [1.29, 1.82) is 0 Å². The maximum atomic E-state index is 4.69. The number of aromatic amines is 1. The van der Waals surface area contributed by atoms with Gasteiger partial charge in [-0.3, -0.25) is 0 Å². The number of rotatable bonds is 2. The van der Waals surface area contributed by atoms with Gasteiger partial charge in [0, 0.05) is 23.6 Å². The Kier molecular flexibility index (Phi) is 2.81. The monoisotopic (exact) mass is 281 g/mol. The molecule has 2 N–H and O–H groups in total. The predicted octanol–water partition coefficient (Wildman–Crippen LogP) is 4.15. The zero-order valence-corrected chi connectivity index (χ0v) is 11.8. The molecule has 4 rings (SSSR count). The van der Waals surface area contributed by atoms with Crippen LogP contribution in [0.5, 0.6) is 0 Å². The summed E-state index contributed by atoms with van der Waals surface area (Å²) in [6.07, 6.45) is 8.58. The summed E-state index contributed by atoms with van der Waals surface area (Å²) in [6, 6.07) is 8.35. The van der Waals surface area contributed by atoms with Crippen molar-refractivity contribution in [1.82, 2.24) is 9.97 Å². The van der Waals surface area contributed by atoms with Crippen LogP contribution in [-0.2, 0) is 6.42 Å². The van der Waals surface area contributed by atoms with Gasteiger partial charge < -0.3 is 10.3 Å². The number of nitrogens with one attached hydrogen (secondary N) is 2. The molecule has 0 saturated carbocycles. The number of hydrogen-bond donors (Lipinski definition) is 2. The van der Waals surface area contributed by atoms with Gasteiger partial charge in [-0.2, -0.15) is 0 Å². The van der Waals surface area contributed by atoms with E-state index in [0.717, 1.165) is 18.0 Å². The van der Waals surface area contributed by atoms with Gasteiger partial charge in [-0.25, -0.2) is 4.98 Å². The Morgan fingerprint density at radius 1 is 1.20 bits per heavy atom. The highest BCUT2D eigenvalue weighted by atomic mass is 32.1. The van der Waals surface area contributed by atoms with E-state index < -0.39 is 0 Å². The predicted molar refractivity (Wildman–Crippen MR) is 86.2 cm³/mol. The molecular weight excluding hydrogens is 266 g/mol. The summed E-state index contributed by atoms with van der Waals surface area (Å²) in [5.74, 6) is 0. The van der Waals surface area contributed by atoms with Gasteiger partial charge in [0.1, 0.15) is 10.0 Å². The number of para-hydroxylation sites is 1. The molecule has 0 atom stereocenters. The Labute approximate surface area is 121 Å². The van der Waals surface area contributed by atoms with Gasteiger partial charge in [0.15, 0.2) is 0 Å². The Bertz CT molecular complexity index is 758. The van der Waals surface area contributed by atoms with E-state index in [-0.39, 0.29) is 0 Å². The number of benzene rings is 1. The van der Waals surface area contributed by atoms with Crippen molar-refractivity contribution in [3.05, 3.63) is 46.7 Å². The van der Waals surface area contributed by atoms with Gasteiger partial charge in [0.2, 0.25) is 0 Å². The molecule has 0 radical (unpaired) electrons. The van der Waals surface area contributed by atoms with Crippen molar-refractivity contribution in [2.45, 2.75) is 12.8 Å². The van der Waals surface area contributed by atoms with Crippen LogP contribution in [0.1, 0.15) is 22.7 Å². The minimum Gasteiger partial charge on any atom is -0.375 e. The number of hydrogen-bond acceptors (Lipinski definition) is 3. The quantitative estimate of drug-likeness (QED) is 0.740. The fourth-order valence-corrected chi connectivity index (χ4v) is 3.54. The number of nitrogens with zero attached hydrogens (tertiary/aromatic N) is 1. The van der Waals surface area contributed by atoms with Gasteiger partial charge in [-0.1, -0.05) is 29.5 Å². The maximum absolute atomic E-state index is 4.69. The molecule has 0 spiro atoms. The average molecular weight is 281 g/mol. The van der Waals surface area contributed by atoms with Gasteiger partial charge in [0.05, 0.1) is 5.69 Å². The van der Waals surface area contributed by atoms with Gasteiger partial charge >= 0.3 is 0 Å². The summed E-state index contributed by atoms with van der Waals surface area (Å²) >= 11 is 1.74. The largest absolute Gasteiger partial charge is 0.375 e. The molecule has 4 heteroatoms. The summed E-state index contributed by atoms with van der Waals surface area (Å²) in [7, 11) is 0. The fraction of sp³-hybridized carbons (Fsp3) is 0.188. The lowest BCUT2D eigenvalue weighted by Crippen LogP contribution is -2.09. The van der Waals surface area contributed by atoms with Crippen molar-refractivity contribution in [3.8, 4) is 0 Å². The molecule has 20 heavy (non-hydrogen) atoms.